The van der Waals surface area contributed by atoms with Gasteiger partial charge in [0.2, 0.25) is 10.0 Å². The molecule has 1 fully saturated rings. The molecule has 0 aliphatic carbocycles. The van der Waals surface area contributed by atoms with E-state index >= 15 is 0 Å². The van der Waals surface area contributed by atoms with Crippen molar-refractivity contribution in [2.75, 3.05) is 19.7 Å². The number of nitro benzene ring substituents is 1. The van der Waals surface area contributed by atoms with Gasteiger partial charge in [-0.25, -0.2) is 13.2 Å². The maximum absolute atomic E-state index is 12.9. The highest BCUT2D eigenvalue weighted by atomic mass is 32.2. The van der Waals surface area contributed by atoms with Crippen molar-refractivity contribution in [3.05, 3.63) is 69.8 Å². The first-order valence-electron chi connectivity index (χ1n) is 10.4. The molecule has 0 atom stereocenters. The van der Waals surface area contributed by atoms with E-state index in [1.165, 1.54) is 52.8 Å². The number of esters is 2. The van der Waals surface area contributed by atoms with Crippen molar-refractivity contribution in [1.82, 2.24) is 4.31 Å². The highest BCUT2D eigenvalue weighted by Crippen LogP contribution is 2.25. The first kappa shape index (κ1) is 24.3. The summed E-state index contributed by atoms with van der Waals surface area (Å²) in [6, 6.07) is 11.3. The van der Waals surface area contributed by atoms with E-state index in [1.54, 1.807) is 6.92 Å². The fraction of sp³-hybridized carbons (Fsp3) is 0.364. The van der Waals surface area contributed by atoms with Crippen molar-refractivity contribution < 1.29 is 32.4 Å². The summed E-state index contributed by atoms with van der Waals surface area (Å²) in [7, 11) is -3.76. The molecule has 0 radical (unpaired) electrons. The second-order valence-corrected chi connectivity index (χ2v) is 9.39. The summed E-state index contributed by atoms with van der Waals surface area (Å²) in [6.45, 7) is 2.23. The van der Waals surface area contributed by atoms with Crippen LogP contribution in [0.1, 0.15) is 35.7 Å². The topological polar surface area (TPSA) is 133 Å². The standard InChI is InChI=1S/C22H24N2O8S/c1-2-31-21(25)17-5-9-20(10-6-17)33(29,30)23-13-11-18(12-14-23)22(26)32-15-16-3-7-19(8-4-16)24(27)28/h3-10,18H,2,11-15H2,1H3. The molecule has 176 valence electrons. The molecule has 11 heteroatoms. The monoisotopic (exact) mass is 476 g/mol. The third kappa shape index (κ3) is 5.93. The number of benzene rings is 2. The zero-order valence-electron chi connectivity index (χ0n) is 18.0. The lowest BCUT2D eigenvalue weighted by atomic mass is 9.98. The lowest BCUT2D eigenvalue weighted by Gasteiger charge is -2.30. The van der Waals surface area contributed by atoms with Crippen LogP contribution in [0.15, 0.2) is 53.4 Å². The van der Waals surface area contributed by atoms with Gasteiger partial charge < -0.3 is 9.47 Å². The van der Waals surface area contributed by atoms with Gasteiger partial charge in [-0.1, -0.05) is 0 Å². The summed E-state index contributed by atoms with van der Waals surface area (Å²) in [6.07, 6.45) is 0.637. The van der Waals surface area contributed by atoms with Gasteiger partial charge in [0.05, 0.1) is 27.9 Å². The largest absolute Gasteiger partial charge is 0.462 e. The fourth-order valence-electron chi connectivity index (χ4n) is 3.44. The Labute approximate surface area is 191 Å². The van der Waals surface area contributed by atoms with Gasteiger partial charge in [0.15, 0.2) is 0 Å². The molecule has 1 aliphatic heterocycles. The highest BCUT2D eigenvalue weighted by molar-refractivity contribution is 7.89. The minimum Gasteiger partial charge on any atom is -0.462 e. The molecule has 1 aliphatic rings. The molecule has 1 saturated heterocycles. The van der Waals surface area contributed by atoms with Gasteiger partial charge in [0.1, 0.15) is 6.61 Å². The van der Waals surface area contributed by atoms with E-state index in [1.807, 2.05) is 0 Å². The third-order valence-corrected chi connectivity index (χ3v) is 7.23. The lowest BCUT2D eigenvalue weighted by Crippen LogP contribution is -2.40. The number of non-ortho nitro benzene ring substituents is 1. The van der Waals surface area contributed by atoms with Crippen LogP contribution < -0.4 is 0 Å². The maximum Gasteiger partial charge on any atom is 0.338 e. The zero-order chi connectivity index (χ0) is 24.0. The summed E-state index contributed by atoms with van der Waals surface area (Å²) in [4.78, 5) is 34.4. The third-order valence-electron chi connectivity index (χ3n) is 5.32. The number of piperidine rings is 1. The Morgan fingerprint density at radius 2 is 1.64 bits per heavy atom. The first-order valence-corrected chi connectivity index (χ1v) is 11.8. The Morgan fingerprint density at radius 1 is 1.03 bits per heavy atom. The summed E-state index contributed by atoms with van der Waals surface area (Å²) < 4.78 is 37.3. The number of nitro groups is 1. The van der Waals surface area contributed by atoms with Gasteiger partial charge in [-0.2, -0.15) is 4.31 Å². The van der Waals surface area contributed by atoms with Crippen LogP contribution in [0.2, 0.25) is 0 Å². The molecule has 0 N–H and O–H groups in total. The van der Waals surface area contributed by atoms with Gasteiger partial charge in [0.25, 0.3) is 5.69 Å². The smallest absolute Gasteiger partial charge is 0.338 e. The van der Waals surface area contributed by atoms with Crippen molar-refractivity contribution in [2.24, 2.45) is 5.92 Å². The van der Waals surface area contributed by atoms with Crippen molar-refractivity contribution >= 4 is 27.6 Å². The van der Waals surface area contributed by atoms with Gasteiger partial charge >= 0.3 is 11.9 Å². The molecule has 3 rings (SSSR count). The van der Waals surface area contributed by atoms with Crippen LogP contribution in [-0.4, -0.2) is 49.3 Å². The number of hydrogen-bond acceptors (Lipinski definition) is 8. The van der Waals surface area contributed by atoms with E-state index in [9.17, 15) is 28.1 Å². The van der Waals surface area contributed by atoms with Crippen LogP contribution in [-0.2, 0) is 30.9 Å². The Kier molecular flexibility index (Phi) is 7.77. The molecule has 2 aromatic rings. The number of hydrogen-bond donors (Lipinski definition) is 0. The molecule has 1 heterocycles. The Balaban J connectivity index is 1.53. The molecule has 0 spiro atoms. The number of carbonyl (C=O) groups excluding carboxylic acids is 2. The Morgan fingerprint density at radius 3 is 2.18 bits per heavy atom. The van der Waals surface area contributed by atoms with E-state index in [0.717, 1.165) is 0 Å². The number of sulfonamides is 1. The maximum atomic E-state index is 12.9. The van der Waals surface area contributed by atoms with Gasteiger partial charge in [-0.05, 0) is 61.7 Å². The highest BCUT2D eigenvalue weighted by Gasteiger charge is 2.33. The van der Waals surface area contributed by atoms with Crippen LogP contribution in [0.3, 0.4) is 0 Å². The Bertz CT molecular complexity index is 1110. The molecule has 0 bridgehead atoms. The molecular weight excluding hydrogens is 452 g/mol. The van der Waals surface area contributed by atoms with Crippen molar-refractivity contribution in [3.8, 4) is 0 Å². The molecule has 0 unspecified atom stereocenters. The first-order chi connectivity index (χ1) is 15.7. The fourth-order valence-corrected chi connectivity index (χ4v) is 4.91. The zero-order valence-corrected chi connectivity index (χ0v) is 18.8. The van der Waals surface area contributed by atoms with Crippen LogP contribution in [0.25, 0.3) is 0 Å². The van der Waals surface area contributed by atoms with Gasteiger partial charge in [-0.15, -0.1) is 0 Å². The minimum absolute atomic E-state index is 0.0118. The predicted molar refractivity (Wildman–Crippen MR) is 117 cm³/mol. The van der Waals surface area contributed by atoms with Gasteiger partial charge in [-0.3, -0.25) is 14.9 Å². The minimum atomic E-state index is -3.76. The quantitative estimate of drug-likeness (QED) is 0.323. The van der Waals surface area contributed by atoms with Crippen LogP contribution >= 0.6 is 0 Å². The second kappa shape index (κ2) is 10.5. The summed E-state index contributed by atoms with van der Waals surface area (Å²) >= 11 is 0. The molecule has 2 aromatic carbocycles. The van der Waals surface area contributed by atoms with E-state index in [0.29, 0.717) is 18.4 Å². The number of nitrogens with zero attached hydrogens (tertiary/aromatic N) is 2. The van der Waals surface area contributed by atoms with E-state index in [4.69, 9.17) is 9.47 Å². The van der Waals surface area contributed by atoms with Crippen molar-refractivity contribution in [3.63, 3.8) is 0 Å². The summed E-state index contributed by atoms with van der Waals surface area (Å²) in [5.41, 5.74) is 0.847. The molecular formula is C22H24N2O8S. The number of carbonyl (C=O) groups is 2. The molecule has 0 amide bonds. The summed E-state index contributed by atoms with van der Waals surface area (Å²) in [5, 5.41) is 10.7. The van der Waals surface area contributed by atoms with Gasteiger partial charge in [0, 0.05) is 25.2 Å². The number of rotatable bonds is 8. The predicted octanol–water partition coefficient (Wildman–Crippen LogP) is 2.92. The molecule has 0 aromatic heterocycles. The molecule has 10 nitrogen and oxygen atoms in total. The van der Waals surface area contributed by atoms with E-state index < -0.39 is 32.8 Å². The number of ether oxygens (including phenoxy) is 2. The summed E-state index contributed by atoms with van der Waals surface area (Å²) in [5.74, 6) is -1.38. The molecule has 0 saturated carbocycles. The average molecular weight is 477 g/mol. The average Bonchev–Trinajstić information content (AvgIpc) is 2.83. The van der Waals surface area contributed by atoms with E-state index in [2.05, 4.69) is 0 Å². The normalized spacial score (nSPS) is 15.1. The lowest BCUT2D eigenvalue weighted by molar-refractivity contribution is -0.384. The van der Waals surface area contributed by atoms with Crippen molar-refractivity contribution in [2.45, 2.75) is 31.3 Å². The van der Waals surface area contributed by atoms with Crippen LogP contribution in [0.4, 0.5) is 5.69 Å². The van der Waals surface area contributed by atoms with Crippen LogP contribution in [0, 0.1) is 16.0 Å². The second-order valence-electron chi connectivity index (χ2n) is 7.45. The SMILES string of the molecule is CCOC(=O)c1ccc(S(=O)(=O)N2CCC(C(=O)OCc3ccc([N+](=O)[O-])cc3)CC2)cc1. The van der Waals surface area contributed by atoms with Crippen LogP contribution in [0.5, 0.6) is 0 Å². The van der Waals surface area contributed by atoms with Crippen molar-refractivity contribution in [1.29, 1.82) is 0 Å². The molecule has 33 heavy (non-hydrogen) atoms. The Hall–Kier alpha value is -3.31. The van der Waals surface area contributed by atoms with E-state index in [-0.39, 0.29) is 42.4 Å².